The Labute approximate surface area is 140 Å². The summed E-state index contributed by atoms with van der Waals surface area (Å²) in [6, 6.07) is 17.2. The lowest BCUT2D eigenvalue weighted by Crippen LogP contribution is -2.10. The Kier molecular flexibility index (Phi) is 5.77. The Morgan fingerprint density at radius 1 is 1.00 bits per heavy atom. The number of rotatable bonds is 5. The van der Waals surface area contributed by atoms with Crippen LogP contribution in [0.15, 0.2) is 57.9 Å². The van der Waals surface area contributed by atoms with E-state index in [1.54, 1.807) is 0 Å². The van der Waals surface area contributed by atoms with Crippen molar-refractivity contribution in [1.82, 2.24) is 0 Å². The predicted octanol–water partition coefficient (Wildman–Crippen LogP) is 5.95. The van der Waals surface area contributed by atoms with Crippen LogP contribution in [0.2, 0.25) is 0 Å². The zero-order valence-electron chi connectivity index (χ0n) is 12.8. The molecule has 0 saturated heterocycles. The molecule has 2 aromatic rings. The van der Waals surface area contributed by atoms with Crippen molar-refractivity contribution in [3.05, 3.63) is 58.6 Å². The van der Waals surface area contributed by atoms with Crippen molar-refractivity contribution in [2.75, 3.05) is 17.6 Å². The summed E-state index contributed by atoms with van der Waals surface area (Å²) in [6.45, 7) is 7.69. The zero-order valence-corrected chi connectivity index (χ0v) is 15.2. The smallest absolute Gasteiger partial charge is 0.0484 e. The van der Waals surface area contributed by atoms with Crippen molar-refractivity contribution >= 4 is 33.4 Å². The molecule has 0 aliphatic heterocycles. The van der Waals surface area contributed by atoms with Crippen LogP contribution < -0.4 is 5.32 Å². The van der Waals surface area contributed by atoms with E-state index >= 15 is 0 Å². The van der Waals surface area contributed by atoms with Gasteiger partial charge in [0.1, 0.15) is 0 Å². The van der Waals surface area contributed by atoms with Crippen LogP contribution in [0.5, 0.6) is 0 Å². The van der Waals surface area contributed by atoms with Gasteiger partial charge in [0.15, 0.2) is 0 Å². The number of nitrogens with one attached hydrogen (secondary N) is 1. The standard InChI is InChI=1S/C18H22BrNS/c1-18(2,3)14-8-10-15(11-9-14)21-13-12-20-17-7-5-4-6-16(17)19/h4-11,20H,12-13H2,1-3H3. The van der Waals surface area contributed by atoms with Gasteiger partial charge in [0.05, 0.1) is 0 Å². The van der Waals surface area contributed by atoms with Crippen LogP contribution in [0.25, 0.3) is 0 Å². The molecule has 0 saturated carbocycles. The minimum Gasteiger partial charge on any atom is -0.383 e. The second-order valence-electron chi connectivity index (χ2n) is 6.03. The summed E-state index contributed by atoms with van der Waals surface area (Å²) in [4.78, 5) is 1.33. The molecule has 112 valence electrons. The van der Waals surface area contributed by atoms with E-state index in [9.17, 15) is 0 Å². The molecule has 0 unspecified atom stereocenters. The maximum Gasteiger partial charge on any atom is 0.0484 e. The fourth-order valence-corrected chi connectivity index (χ4v) is 3.20. The molecular formula is C18H22BrNS. The Balaban J connectivity index is 1.80. The number of para-hydroxylation sites is 1. The van der Waals surface area contributed by atoms with E-state index < -0.39 is 0 Å². The first-order chi connectivity index (χ1) is 9.97. The Hall–Kier alpha value is -0.930. The van der Waals surface area contributed by atoms with Gasteiger partial charge in [0.25, 0.3) is 0 Å². The molecule has 0 amide bonds. The van der Waals surface area contributed by atoms with Crippen molar-refractivity contribution in [1.29, 1.82) is 0 Å². The number of thioether (sulfide) groups is 1. The highest BCUT2D eigenvalue weighted by Gasteiger charge is 2.12. The largest absolute Gasteiger partial charge is 0.383 e. The van der Waals surface area contributed by atoms with E-state index in [1.165, 1.54) is 10.5 Å². The topological polar surface area (TPSA) is 12.0 Å². The van der Waals surface area contributed by atoms with Gasteiger partial charge in [-0.1, -0.05) is 45.0 Å². The summed E-state index contributed by atoms with van der Waals surface area (Å²) >= 11 is 5.44. The normalized spacial score (nSPS) is 11.4. The molecule has 0 atom stereocenters. The quantitative estimate of drug-likeness (QED) is 0.520. The fourth-order valence-electron chi connectivity index (χ4n) is 2.01. The third-order valence-electron chi connectivity index (χ3n) is 3.28. The van der Waals surface area contributed by atoms with Gasteiger partial charge in [0.2, 0.25) is 0 Å². The van der Waals surface area contributed by atoms with Crippen molar-refractivity contribution in [2.45, 2.75) is 31.1 Å². The number of benzene rings is 2. The lowest BCUT2D eigenvalue weighted by atomic mass is 9.87. The number of anilines is 1. The zero-order chi connectivity index (χ0) is 15.3. The molecule has 3 heteroatoms. The van der Waals surface area contributed by atoms with E-state index in [0.29, 0.717) is 0 Å². The van der Waals surface area contributed by atoms with Gasteiger partial charge in [-0.25, -0.2) is 0 Å². The van der Waals surface area contributed by atoms with Crippen LogP contribution in [0, 0.1) is 0 Å². The average molecular weight is 364 g/mol. The first-order valence-corrected chi connectivity index (χ1v) is 8.96. The van der Waals surface area contributed by atoms with Crippen LogP contribution >= 0.6 is 27.7 Å². The maximum absolute atomic E-state index is 3.55. The highest BCUT2D eigenvalue weighted by Crippen LogP contribution is 2.26. The van der Waals surface area contributed by atoms with Crippen LogP contribution in [-0.4, -0.2) is 12.3 Å². The molecule has 0 heterocycles. The maximum atomic E-state index is 3.55. The first-order valence-electron chi connectivity index (χ1n) is 7.18. The highest BCUT2D eigenvalue weighted by molar-refractivity contribution is 9.10. The molecule has 0 aliphatic carbocycles. The average Bonchev–Trinajstić information content (AvgIpc) is 2.45. The second kappa shape index (κ2) is 7.37. The SMILES string of the molecule is CC(C)(C)c1ccc(SCCNc2ccccc2Br)cc1. The lowest BCUT2D eigenvalue weighted by Gasteiger charge is -2.19. The van der Waals surface area contributed by atoms with Crippen molar-refractivity contribution in [3.63, 3.8) is 0 Å². The second-order valence-corrected chi connectivity index (χ2v) is 8.05. The monoisotopic (exact) mass is 363 g/mol. The van der Waals surface area contributed by atoms with Gasteiger partial charge in [0, 0.05) is 27.4 Å². The van der Waals surface area contributed by atoms with Gasteiger partial charge in [-0.2, -0.15) is 0 Å². The minimum atomic E-state index is 0.227. The lowest BCUT2D eigenvalue weighted by molar-refractivity contribution is 0.590. The van der Waals surface area contributed by atoms with Gasteiger partial charge < -0.3 is 5.32 Å². The Morgan fingerprint density at radius 2 is 1.67 bits per heavy atom. The van der Waals surface area contributed by atoms with E-state index in [-0.39, 0.29) is 5.41 Å². The molecule has 0 aliphatic rings. The van der Waals surface area contributed by atoms with E-state index in [0.717, 1.165) is 22.5 Å². The Morgan fingerprint density at radius 3 is 2.29 bits per heavy atom. The molecule has 0 spiro atoms. The third kappa shape index (κ3) is 5.08. The summed E-state index contributed by atoms with van der Waals surface area (Å²) < 4.78 is 1.12. The number of hydrogen-bond donors (Lipinski definition) is 1. The summed E-state index contributed by atoms with van der Waals surface area (Å²) in [5.74, 6) is 1.05. The Bertz CT molecular complexity index is 573. The fraction of sp³-hybridized carbons (Fsp3) is 0.333. The molecule has 2 aromatic carbocycles. The van der Waals surface area contributed by atoms with Crippen molar-refractivity contribution in [2.24, 2.45) is 0 Å². The van der Waals surface area contributed by atoms with Gasteiger partial charge >= 0.3 is 0 Å². The van der Waals surface area contributed by atoms with Gasteiger partial charge in [-0.05, 0) is 51.2 Å². The van der Waals surface area contributed by atoms with Crippen LogP contribution in [0.4, 0.5) is 5.69 Å². The number of halogens is 1. The highest BCUT2D eigenvalue weighted by atomic mass is 79.9. The van der Waals surface area contributed by atoms with Gasteiger partial charge in [-0.15, -0.1) is 11.8 Å². The molecular weight excluding hydrogens is 342 g/mol. The summed E-state index contributed by atoms with van der Waals surface area (Å²) in [7, 11) is 0. The first kappa shape index (κ1) is 16.4. The van der Waals surface area contributed by atoms with Crippen molar-refractivity contribution < 1.29 is 0 Å². The van der Waals surface area contributed by atoms with Crippen LogP contribution in [0.3, 0.4) is 0 Å². The molecule has 1 N–H and O–H groups in total. The molecule has 0 radical (unpaired) electrons. The molecule has 21 heavy (non-hydrogen) atoms. The van der Waals surface area contributed by atoms with E-state index in [1.807, 2.05) is 23.9 Å². The molecule has 2 rings (SSSR count). The summed E-state index contributed by atoms with van der Waals surface area (Å²) in [5.41, 5.74) is 2.77. The molecule has 0 fully saturated rings. The molecule has 0 aromatic heterocycles. The summed E-state index contributed by atoms with van der Waals surface area (Å²) in [5, 5.41) is 3.45. The van der Waals surface area contributed by atoms with E-state index in [2.05, 4.69) is 78.4 Å². The van der Waals surface area contributed by atoms with Crippen molar-refractivity contribution in [3.8, 4) is 0 Å². The molecule has 0 bridgehead atoms. The minimum absolute atomic E-state index is 0.227. The van der Waals surface area contributed by atoms with Crippen LogP contribution in [-0.2, 0) is 5.41 Å². The van der Waals surface area contributed by atoms with E-state index in [4.69, 9.17) is 0 Å². The third-order valence-corrected chi connectivity index (χ3v) is 4.99. The van der Waals surface area contributed by atoms with Crippen LogP contribution in [0.1, 0.15) is 26.3 Å². The predicted molar refractivity (Wildman–Crippen MR) is 98.5 cm³/mol. The summed E-state index contributed by atoms with van der Waals surface area (Å²) in [6.07, 6.45) is 0. The molecule has 1 nitrogen and oxygen atoms in total. The number of hydrogen-bond acceptors (Lipinski definition) is 2. The van der Waals surface area contributed by atoms with Gasteiger partial charge in [-0.3, -0.25) is 0 Å².